The van der Waals surface area contributed by atoms with E-state index < -0.39 is 0 Å². The Morgan fingerprint density at radius 1 is 1.17 bits per heavy atom. The number of amides is 1. The molecule has 3 aromatic rings. The van der Waals surface area contributed by atoms with E-state index in [1.165, 1.54) is 6.42 Å². The number of hydrogen-bond acceptors (Lipinski definition) is 4. The van der Waals surface area contributed by atoms with Gasteiger partial charge in [-0.05, 0) is 69.2 Å². The second kappa shape index (κ2) is 8.16. The fourth-order valence-corrected chi connectivity index (χ4v) is 5.18. The van der Waals surface area contributed by atoms with Crippen LogP contribution in [0, 0.1) is 19.3 Å². The monoisotopic (exact) mass is 427 g/mol. The Hall–Kier alpha value is -2.18. The van der Waals surface area contributed by atoms with Gasteiger partial charge in [-0.25, -0.2) is 9.50 Å². The second-order valence-corrected chi connectivity index (χ2v) is 8.82. The van der Waals surface area contributed by atoms with E-state index in [0.29, 0.717) is 11.8 Å². The van der Waals surface area contributed by atoms with E-state index in [-0.39, 0.29) is 18.3 Å². The number of piperidine rings is 1. The summed E-state index contributed by atoms with van der Waals surface area (Å²) in [6.45, 7) is 8.19. The van der Waals surface area contributed by atoms with Crippen LogP contribution in [0.25, 0.3) is 16.6 Å². The molecule has 2 aliphatic heterocycles. The maximum atomic E-state index is 12.9. The summed E-state index contributed by atoms with van der Waals surface area (Å²) in [6.07, 6.45) is 4.80. The average Bonchev–Trinajstić information content (AvgIpc) is 3.33. The number of carbonyl (C=O) groups excluding carboxylic acids is 1. The summed E-state index contributed by atoms with van der Waals surface area (Å²) in [6, 6.07) is 8.11. The number of aryl methyl sites for hydroxylation is 2. The summed E-state index contributed by atoms with van der Waals surface area (Å²) in [4.78, 5) is 19.8. The minimum atomic E-state index is 0. The lowest BCUT2D eigenvalue weighted by atomic mass is 9.78. The number of nitrogens with zero attached hydrogens (tertiary/aromatic N) is 4. The van der Waals surface area contributed by atoms with Crippen molar-refractivity contribution in [1.82, 2.24) is 24.8 Å². The summed E-state index contributed by atoms with van der Waals surface area (Å²) >= 11 is 0. The van der Waals surface area contributed by atoms with Crippen molar-refractivity contribution in [3.63, 3.8) is 0 Å². The number of benzene rings is 1. The molecule has 0 aliphatic carbocycles. The van der Waals surface area contributed by atoms with E-state index in [1.54, 1.807) is 0 Å². The van der Waals surface area contributed by atoms with Gasteiger partial charge in [0.25, 0.3) is 0 Å². The van der Waals surface area contributed by atoms with Gasteiger partial charge in [-0.2, -0.15) is 5.10 Å². The molecule has 0 radical (unpaired) electrons. The standard InChI is InChI=1S/C23H29N5O.ClH/c1-16-18(17(2)28-22(25-16)19-5-3-4-6-20(19)26-28)7-8-21(29)27-13-10-23(11-14-27)9-12-24-15-23;/h3-6,24H,7-15H2,1-2H3;1H. The van der Waals surface area contributed by atoms with Crippen LogP contribution in [-0.2, 0) is 11.2 Å². The molecule has 7 heteroatoms. The van der Waals surface area contributed by atoms with Crippen molar-refractivity contribution in [2.75, 3.05) is 26.2 Å². The van der Waals surface area contributed by atoms with Crippen LogP contribution in [-0.4, -0.2) is 51.6 Å². The summed E-state index contributed by atoms with van der Waals surface area (Å²) in [5, 5.41) is 9.29. The van der Waals surface area contributed by atoms with E-state index in [1.807, 2.05) is 29.6 Å². The normalized spacial score (nSPS) is 18.3. The first-order valence-corrected chi connectivity index (χ1v) is 10.8. The number of nitrogens with one attached hydrogen (secondary N) is 1. The van der Waals surface area contributed by atoms with Gasteiger partial charge in [-0.15, -0.1) is 12.4 Å². The van der Waals surface area contributed by atoms with Crippen LogP contribution < -0.4 is 5.32 Å². The molecule has 1 aromatic carbocycles. The first kappa shape index (κ1) is 21.1. The van der Waals surface area contributed by atoms with Crippen molar-refractivity contribution >= 4 is 34.9 Å². The highest BCUT2D eigenvalue weighted by Crippen LogP contribution is 2.37. The minimum Gasteiger partial charge on any atom is -0.343 e. The van der Waals surface area contributed by atoms with Crippen molar-refractivity contribution in [3.8, 4) is 0 Å². The van der Waals surface area contributed by atoms with Gasteiger partial charge < -0.3 is 10.2 Å². The SMILES string of the molecule is Cc1nc2c3ccccc3nn2c(C)c1CCC(=O)N1CCC2(CCNC2)CC1.Cl. The fraction of sp³-hybridized carbons (Fsp3) is 0.522. The van der Waals surface area contributed by atoms with Gasteiger partial charge in [0.05, 0.1) is 5.52 Å². The Kier molecular flexibility index (Phi) is 5.73. The largest absolute Gasteiger partial charge is 0.343 e. The molecule has 0 bridgehead atoms. The highest BCUT2D eigenvalue weighted by atomic mass is 35.5. The van der Waals surface area contributed by atoms with Crippen LogP contribution in [0.2, 0.25) is 0 Å². The highest BCUT2D eigenvalue weighted by Gasteiger charge is 2.37. The van der Waals surface area contributed by atoms with Gasteiger partial charge in [0, 0.05) is 42.8 Å². The predicted octanol–water partition coefficient (Wildman–Crippen LogP) is 3.46. The van der Waals surface area contributed by atoms with E-state index in [9.17, 15) is 4.79 Å². The third kappa shape index (κ3) is 3.56. The molecule has 2 aliphatic rings. The quantitative estimate of drug-likeness (QED) is 0.695. The Morgan fingerprint density at radius 2 is 1.93 bits per heavy atom. The Balaban J connectivity index is 0.00000218. The Morgan fingerprint density at radius 3 is 2.67 bits per heavy atom. The van der Waals surface area contributed by atoms with Crippen molar-refractivity contribution in [3.05, 3.63) is 41.2 Å². The molecule has 1 N–H and O–H groups in total. The number of aromatic nitrogens is 3. The van der Waals surface area contributed by atoms with Crippen LogP contribution in [0.4, 0.5) is 0 Å². The summed E-state index contributed by atoms with van der Waals surface area (Å²) in [5.41, 5.74) is 5.54. The van der Waals surface area contributed by atoms with E-state index >= 15 is 0 Å². The van der Waals surface area contributed by atoms with Gasteiger partial charge in [0.15, 0.2) is 5.65 Å². The Bertz CT molecular complexity index is 1080. The first-order valence-electron chi connectivity index (χ1n) is 10.8. The zero-order valence-electron chi connectivity index (χ0n) is 17.8. The lowest BCUT2D eigenvalue weighted by molar-refractivity contribution is -0.133. The molecule has 1 spiro atoms. The molecule has 1 amide bonds. The van der Waals surface area contributed by atoms with Crippen molar-refractivity contribution in [2.45, 2.75) is 46.0 Å². The van der Waals surface area contributed by atoms with Crippen molar-refractivity contribution < 1.29 is 4.79 Å². The van der Waals surface area contributed by atoms with Crippen molar-refractivity contribution in [1.29, 1.82) is 0 Å². The fourth-order valence-electron chi connectivity index (χ4n) is 5.18. The number of carbonyl (C=O) groups is 1. The molecule has 2 saturated heterocycles. The molecule has 5 rings (SSSR count). The Labute approximate surface area is 183 Å². The van der Waals surface area contributed by atoms with Crippen LogP contribution in [0.1, 0.15) is 42.6 Å². The maximum Gasteiger partial charge on any atom is 0.222 e. The molecular weight excluding hydrogens is 398 g/mol. The molecule has 2 aromatic heterocycles. The molecule has 6 nitrogen and oxygen atoms in total. The van der Waals surface area contributed by atoms with Crippen LogP contribution in [0.3, 0.4) is 0 Å². The average molecular weight is 428 g/mol. The number of fused-ring (bicyclic) bond motifs is 3. The maximum absolute atomic E-state index is 12.9. The molecule has 2 fully saturated rings. The number of likely N-dealkylation sites (tertiary alicyclic amines) is 1. The van der Waals surface area contributed by atoms with Crippen LogP contribution in [0.5, 0.6) is 0 Å². The molecule has 0 unspecified atom stereocenters. The van der Waals surface area contributed by atoms with Gasteiger partial charge in [-0.1, -0.05) is 12.1 Å². The van der Waals surface area contributed by atoms with E-state index in [2.05, 4.69) is 23.2 Å². The zero-order valence-corrected chi connectivity index (χ0v) is 18.6. The third-order valence-corrected chi connectivity index (χ3v) is 7.12. The number of hydrogen-bond donors (Lipinski definition) is 1. The van der Waals surface area contributed by atoms with Gasteiger partial charge in [0.1, 0.15) is 0 Å². The lowest BCUT2D eigenvalue weighted by Gasteiger charge is -2.39. The molecular formula is C23H30ClN5O. The molecule has 4 heterocycles. The summed E-state index contributed by atoms with van der Waals surface area (Å²) in [5.74, 6) is 0.273. The predicted molar refractivity (Wildman–Crippen MR) is 121 cm³/mol. The molecule has 160 valence electrons. The third-order valence-electron chi connectivity index (χ3n) is 7.12. The topological polar surface area (TPSA) is 62.5 Å². The van der Waals surface area contributed by atoms with Gasteiger partial charge in [-0.3, -0.25) is 4.79 Å². The van der Waals surface area contributed by atoms with E-state index in [0.717, 1.165) is 78.9 Å². The lowest BCUT2D eigenvalue weighted by Crippen LogP contribution is -2.44. The number of halogens is 1. The molecule has 30 heavy (non-hydrogen) atoms. The second-order valence-electron chi connectivity index (χ2n) is 8.82. The smallest absolute Gasteiger partial charge is 0.222 e. The summed E-state index contributed by atoms with van der Waals surface area (Å²) < 4.78 is 1.94. The van der Waals surface area contributed by atoms with Crippen LogP contribution in [0.15, 0.2) is 24.3 Å². The number of rotatable bonds is 3. The van der Waals surface area contributed by atoms with E-state index in [4.69, 9.17) is 10.1 Å². The van der Waals surface area contributed by atoms with Gasteiger partial charge in [0.2, 0.25) is 5.91 Å². The van der Waals surface area contributed by atoms with Crippen molar-refractivity contribution in [2.24, 2.45) is 5.41 Å². The van der Waals surface area contributed by atoms with Gasteiger partial charge >= 0.3 is 0 Å². The first-order chi connectivity index (χ1) is 14.1. The zero-order chi connectivity index (χ0) is 20.0. The summed E-state index contributed by atoms with van der Waals surface area (Å²) in [7, 11) is 0. The minimum absolute atomic E-state index is 0. The highest BCUT2D eigenvalue weighted by molar-refractivity contribution is 5.92. The molecule has 0 saturated carbocycles. The van der Waals surface area contributed by atoms with Crippen LogP contribution >= 0.6 is 12.4 Å². The molecule has 0 atom stereocenters.